The Bertz CT molecular complexity index is 1070. The van der Waals surface area contributed by atoms with Crippen LogP contribution in [0.4, 0.5) is 4.39 Å². The molecule has 3 aromatic rings. The molecule has 1 aliphatic carbocycles. The summed E-state index contributed by atoms with van der Waals surface area (Å²) in [6.07, 6.45) is 3.09. The molecular formula is C21H24ClFN3OS+. The Labute approximate surface area is 172 Å². The van der Waals surface area contributed by atoms with Crippen LogP contribution in [0.15, 0.2) is 23.0 Å². The fourth-order valence-corrected chi connectivity index (χ4v) is 5.56. The van der Waals surface area contributed by atoms with Crippen molar-refractivity contribution in [3.63, 3.8) is 0 Å². The quantitative estimate of drug-likeness (QED) is 0.676. The summed E-state index contributed by atoms with van der Waals surface area (Å²) in [5, 5.41) is 1.18. The number of nitrogens with one attached hydrogen (secondary N) is 2. The fourth-order valence-electron chi connectivity index (χ4n) is 3.94. The molecule has 7 heteroatoms. The summed E-state index contributed by atoms with van der Waals surface area (Å²) in [7, 11) is 1.96. The summed E-state index contributed by atoms with van der Waals surface area (Å²) in [6, 6.07) is 4.61. The van der Waals surface area contributed by atoms with Gasteiger partial charge in [-0.15, -0.1) is 11.3 Å². The van der Waals surface area contributed by atoms with Gasteiger partial charge in [-0.05, 0) is 49.8 Å². The SMILES string of the molecule is C[C@H]1CCc2c(sc3nc([C@@H](C)[NH+](C)Cc4c(F)cccc4Cl)[nH]c(=O)c23)C1. The van der Waals surface area contributed by atoms with Gasteiger partial charge < -0.3 is 9.88 Å². The van der Waals surface area contributed by atoms with Crippen LogP contribution in [-0.2, 0) is 19.4 Å². The third-order valence-corrected chi connectivity index (χ3v) is 7.35. The van der Waals surface area contributed by atoms with E-state index in [1.807, 2.05) is 14.0 Å². The molecule has 4 nitrogen and oxygen atoms in total. The predicted octanol–water partition coefficient (Wildman–Crippen LogP) is 3.68. The number of benzene rings is 1. The maximum atomic E-state index is 14.1. The molecular weight excluding hydrogens is 397 g/mol. The van der Waals surface area contributed by atoms with Gasteiger partial charge in [-0.3, -0.25) is 4.79 Å². The summed E-state index contributed by atoms with van der Waals surface area (Å²) < 4.78 is 14.1. The lowest BCUT2D eigenvalue weighted by molar-refractivity contribution is -0.924. The first-order chi connectivity index (χ1) is 13.3. The Balaban J connectivity index is 1.66. The number of hydrogen-bond donors (Lipinski definition) is 2. The van der Waals surface area contributed by atoms with Gasteiger partial charge in [-0.2, -0.15) is 0 Å². The number of rotatable bonds is 4. The monoisotopic (exact) mass is 420 g/mol. The van der Waals surface area contributed by atoms with E-state index < -0.39 is 0 Å². The second-order valence-corrected chi connectivity index (χ2v) is 9.42. The number of aromatic nitrogens is 2. The predicted molar refractivity (Wildman–Crippen MR) is 112 cm³/mol. The van der Waals surface area contributed by atoms with Crippen LogP contribution in [-0.4, -0.2) is 17.0 Å². The molecule has 0 aliphatic heterocycles. The number of halogens is 2. The second kappa shape index (κ2) is 7.58. The lowest BCUT2D eigenvalue weighted by atomic mass is 9.89. The first kappa shape index (κ1) is 19.6. The molecule has 28 heavy (non-hydrogen) atoms. The number of H-pyrrole nitrogens is 1. The van der Waals surface area contributed by atoms with Crippen LogP contribution in [0.25, 0.3) is 10.2 Å². The van der Waals surface area contributed by atoms with Crippen molar-refractivity contribution in [3.8, 4) is 0 Å². The van der Waals surface area contributed by atoms with Gasteiger partial charge in [-0.25, -0.2) is 9.37 Å². The lowest BCUT2D eigenvalue weighted by Crippen LogP contribution is -3.07. The molecule has 0 saturated heterocycles. The number of aryl methyl sites for hydroxylation is 1. The van der Waals surface area contributed by atoms with Crippen LogP contribution in [0.1, 0.15) is 48.1 Å². The average Bonchev–Trinajstić information content (AvgIpc) is 3.01. The Morgan fingerprint density at radius 3 is 3.00 bits per heavy atom. The molecule has 2 heterocycles. The van der Waals surface area contributed by atoms with Crippen LogP contribution in [0, 0.1) is 11.7 Å². The minimum absolute atomic E-state index is 0.0596. The van der Waals surface area contributed by atoms with Gasteiger partial charge >= 0.3 is 0 Å². The normalized spacial score (nSPS) is 18.8. The van der Waals surface area contributed by atoms with Crippen molar-refractivity contribution in [3.05, 3.63) is 61.2 Å². The molecule has 1 aliphatic rings. The molecule has 0 radical (unpaired) electrons. The summed E-state index contributed by atoms with van der Waals surface area (Å²) in [5.74, 6) is 0.976. The zero-order valence-electron chi connectivity index (χ0n) is 16.2. The molecule has 0 bridgehead atoms. The van der Waals surface area contributed by atoms with E-state index >= 15 is 0 Å². The molecule has 4 rings (SSSR count). The van der Waals surface area contributed by atoms with Gasteiger partial charge in [0.15, 0.2) is 5.82 Å². The van der Waals surface area contributed by atoms with Crippen molar-refractivity contribution < 1.29 is 9.29 Å². The molecule has 148 valence electrons. The smallest absolute Gasteiger partial charge is 0.260 e. The standard InChI is InChI=1S/C21H23ClFN3OS/c1-11-7-8-13-17(9-11)28-21-18(13)20(27)24-19(25-21)12(2)26(3)10-14-15(22)5-4-6-16(14)23/h4-6,11-12H,7-10H2,1-3H3,(H,24,25,27)/p+1/t11-,12+/m0/s1. The van der Waals surface area contributed by atoms with Crippen molar-refractivity contribution in [1.29, 1.82) is 0 Å². The number of fused-ring (bicyclic) bond motifs is 3. The maximum absolute atomic E-state index is 14.1. The van der Waals surface area contributed by atoms with Gasteiger partial charge in [0.2, 0.25) is 0 Å². The molecule has 0 fully saturated rings. The zero-order chi connectivity index (χ0) is 20.0. The third kappa shape index (κ3) is 3.49. The highest BCUT2D eigenvalue weighted by atomic mass is 35.5. The van der Waals surface area contributed by atoms with Crippen molar-refractivity contribution in [1.82, 2.24) is 9.97 Å². The van der Waals surface area contributed by atoms with E-state index in [4.69, 9.17) is 16.6 Å². The molecule has 1 unspecified atom stereocenters. The van der Waals surface area contributed by atoms with Crippen molar-refractivity contribution in [2.45, 2.75) is 45.7 Å². The molecule has 0 amide bonds. The first-order valence-electron chi connectivity index (χ1n) is 9.64. The van der Waals surface area contributed by atoms with Crippen LogP contribution in [0.2, 0.25) is 5.02 Å². The summed E-state index contributed by atoms with van der Waals surface area (Å²) in [6.45, 7) is 4.65. The summed E-state index contributed by atoms with van der Waals surface area (Å²) >= 11 is 7.82. The van der Waals surface area contributed by atoms with Gasteiger partial charge in [0.05, 0.1) is 23.0 Å². The van der Waals surface area contributed by atoms with E-state index in [1.54, 1.807) is 23.5 Å². The van der Waals surface area contributed by atoms with E-state index in [-0.39, 0.29) is 17.4 Å². The number of hydrogen-bond acceptors (Lipinski definition) is 3. The van der Waals surface area contributed by atoms with Crippen molar-refractivity contribution in [2.24, 2.45) is 5.92 Å². The summed E-state index contributed by atoms with van der Waals surface area (Å²) in [5.41, 5.74) is 1.61. The van der Waals surface area contributed by atoms with Crippen LogP contribution in [0.3, 0.4) is 0 Å². The zero-order valence-corrected chi connectivity index (χ0v) is 17.8. The minimum Gasteiger partial charge on any atom is -0.325 e. The first-order valence-corrected chi connectivity index (χ1v) is 10.8. The Morgan fingerprint density at radius 1 is 1.46 bits per heavy atom. The van der Waals surface area contributed by atoms with Gasteiger partial charge in [0.25, 0.3) is 5.56 Å². The highest BCUT2D eigenvalue weighted by Gasteiger charge is 2.26. The van der Waals surface area contributed by atoms with Gasteiger partial charge in [0, 0.05) is 4.88 Å². The Hall–Kier alpha value is -1.76. The Morgan fingerprint density at radius 2 is 2.25 bits per heavy atom. The Kier molecular flexibility index (Phi) is 5.29. The van der Waals surface area contributed by atoms with E-state index in [1.165, 1.54) is 16.5 Å². The highest BCUT2D eigenvalue weighted by Crippen LogP contribution is 2.35. The number of aromatic amines is 1. The molecule has 2 N–H and O–H groups in total. The van der Waals surface area contributed by atoms with Crippen molar-refractivity contribution in [2.75, 3.05) is 7.05 Å². The van der Waals surface area contributed by atoms with Crippen LogP contribution < -0.4 is 10.5 Å². The van der Waals surface area contributed by atoms with E-state index in [0.29, 0.717) is 28.9 Å². The molecule has 1 aromatic carbocycles. The minimum atomic E-state index is -0.309. The molecule has 0 spiro atoms. The van der Waals surface area contributed by atoms with Crippen LogP contribution in [0.5, 0.6) is 0 Å². The molecule has 0 saturated carbocycles. The van der Waals surface area contributed by atoms with E-state index in [2.05, 4.69) is 11.9 Å². The topological polar surface area (TPSA) is 50.2 Å². The van der Waals surface area contributed by atoms with Gasteiger partial charge in [0.1, 0.15) is 23.2 Å². The van der Waals surface area contributed by atoms with Gasteiger partial charge in [-0.1, -0.05) is 24.6 Å². The molecule has 2 aromatic heterocycles. The maximum Gasteiger partial charge on any atom is 0.260 e. The highest BCUT2D eigenvalue weighted by molar-refractivity contribution is 7.18. The van der Waals surface area contributed by atoms with E-state index in [9.17, 15) is 9.18 Å². The second-order valence-electron chi connectivity index (χ2n) is 7.93. The van der Waals surface area contributed by atoms with Crippen molar-refractivity contribution >= 4 is 33.2 Å². The third-order valence-electron chi connectivity index (χ3n) is 5.85. The van der Waals surface area contributed by atoms with Crippen LogP contribution >= 0.6 is 22.9 Å². The number of quaternary nitrogens is 1. The largest absolute Gasteiger partial charge is 0.325 e. The summed E-state index contributed by atoms with van der Waals surface area (Å²) in [4.78, 5) is 23.7. The van der Waals surface area contributed by atoms with E-state index in [0.717, 1.165) is 34.4 Å². The molecule has 3 atom stereocenters. The number of nitrogens with zero attached hydrogens (tertiary/aromatic N) is 1. The average molecular weight is 421 g/mol. The fraction of sp³-hybridized carbons (Fsp3) is 0.429. The number of thiophene rings is 1. The lowest BCUT2D eigenvalue weighted by Gasteiger charge is -2.21.